The Labute approximate surface area is 248 Å². The average Bonchev–Trinajstić information content (AvgIpc) is 3.27. The third-order valence-electron chi connectivity index (χ3n) is 7.96. The smallest absolute Gasteiger partial charge is 0.495 e. The summed E-state index contributed by atoms with van der Waals surface area (Å²) in [6, 6.07) is 17.8. The van der Waals surface area contributed by atoms with Gasteiger partial charge in [-0.25, -0.2) is 4.79 Å². The third kappa shape index (κ3) is 6.35. The minimum Gasteiger partial charge on any atom is -0.495 e. The standard InChI is InChI=1S/C32H35F3N4O4/c1-30(2,3)28(40)38-18-16-31(17-19-38)20-39(27-23(31)8-7-11-26(27)42-4)25-10-6-5-9-24(25)37-29(41)36-21-12-14-22(15-13-21)43-32(33,34)35/h5-15H,16-20H2,1-4H3,(H2,36,37,41). The van der Waals surface area contributed by atoms with E-state index < -0.39 is 17.8 Å². The number of alkyl halides is 3. The molecule has 0 radical (unpaired) electrons. The summed E-state index contributed by atoms with van der Waals surface area (Å²) in [6.45, 7) is 7.75. The van der Waals surface area contributed by atoms with Gasteiger partial charge in [0.05, 0.1) is 24.2 Å². The molecule has 11 heteroatoms. The topological polar surface area (TPSA) is 83.1 Å². The zero-order valence-corrected chi connectivity index (χ0v) is 24.5. The predicted molar refractivity (Wildman–Crippen MR) is 159 cm³/mol. The van der Waals surface area contributed by atoms with Gasteiger partial charge in [-0.15, -0.1) is 13.2 Å². The number of halogens is 3. The van der Waals surface area contributed by atoms with E-state index in [1.54, 1.807) is 13.2 Å². The van der Waals surface area contributed by atoms with Crippen LogP contribution in [-0.4, -0.2) is 49.9 Å². The second-order valence-corrected chi connectivity index (χ2v) is 11.9. The highest BCUT2D eigenvalue weighted by atomic mass is 19.4. The minimum atomic E-state index is -4.80. The summed E-state index contributed by atoms with van der Waals surface area (Å²) in [5.41, 5.74) is 3.03. The zero-order chi connectivity index (χ0) is 31.0. The number of urea groups is 1. The van der Waals surface area contributed by atoms with Crippen LogP contribution in [0.1, 0.15) is 39.2 Å². The lowest BCUT2D eigenvalue weighted by Gasteiger charge is -2.42. The average molecular weight is 597 g/mol. The Hall–Kier alpha value is -4.41. The van der Waals surface area contributed by atoms with E-state index in [-0.39, 0.29) is 17.1 Å². The fourth-order valence-corrected chi connectivity index (χ4v) is 5.94. The van der Waals surface area contributed by atoms with Gasteiger partial charge in [0, 0.05) is 36.2 Å². The van der Waals surface area contributed by atoms with Gasteiger partial charge in [0.15, 0.2) is 0 Å². The number of methoxy groups -OCH3 is 1. The number of carbonyl (C=O) groups is 2. The summed E-state index contributed by atoms with van der Waals surface area (Å²) in [5, 5.41) is 5.55. The van der Waals surface area contributed by atoms with Crippen LogP contribution in [0.5, 0.6) is 11.5 Å². The predicted octanol–water partition coefficient (Wildman–Crippen LogP) is 7.30. The molecular formula is C32H35F3N4O4. The number of carbonyl (C=O) groups excluding carboxylic acids is 2. The maximum Gasteiger partial charge on any atom is 0.573 e. The Morgan fingerprint density at radius 2 is 1.56 bits per heavy atom. The maximum absolute atomic E-state index is 13.0. The number of para-hydroxylation sites is 3. The number of amides is 3. The highest BCUT2D eigenvalue weighted by Gasteiger charge is 2.48. The molecule has 3 aromatic carbocycles. The second kappa shape index (κ2) is 11.3. The van der Waals surface area contributed by atoms with E-state index in [2.05, 4.69) is 26.3 Å². The SMILES string of the molecule is COc1cccc2c1N(c1ccccc1NC(=O)Nc1ccc(OC(F)(F)F)cc1)CC21CCN(C(=O)C(C)(C)C)CC1. The molecule has 8 nitrogen and oxygen atoms in total. The summed E-state index contributed by atoms with van der Waals surface area (Å²) in [6.07, 6.45) is -3.22. The summed E-state index contributed by atoms with van der Waals surface area (Å²) in [4.78, 5) is 30.1. The van der Waals surface area contributed by atoms with Gasteiger partial charge in [0.2, 0.25) is 5.91 Å². The molecule has 3 aromatic rings. The quantitative estimate of drug-likeness (QED) is 0.323. The van der Waals surface area contributed by atoms with Gasteiger partial charge in [-0.3, -0.25) is 4.79 Å². The van der Waals surface area contributed by atoms with E-state index in [4.69, 9.17) is 4.74 Å². The van der Waals surface area contributed by atoms with E-state index in [0.717, 1.165) is 41.9 Å². The molecule has 2 heterocycles. The van der Waals surface area contributed by atoms with Crippen LogP contribution >= 0.6 is 0 Å². The third-order valence-corrected chi connectivity index (χ3v) is 7.96. The fraction of sp³-hybridized carbons (Fsp3) is 0.375. The number of hydrogen-bond acceptors (Lipinski definition) is 5. The first kappa shape index (κ1) is 30.1. The van der Waals surface area contributed by atoms with Crippen LogP contribution in [0.2, 0.25) is 0 Å². The van der Waals surface area contributed by atoms with Crippen LogP contribution in [0, 0.1) is 5.41 Å². The molecule has 0 aliphatic carbocycles. The molecule has 2 aliphatic heterocycles. The Bertz CT molecular complexity index is 1490. The van der Waals surface area contributed by atoms with E-state index in [1.807, 2.05) is 56.0 Å². The number of ether oxygens (including phenoxy) is 2. The molecule has 0 bridgehead atoms. The van der Waals surface area contributed by atoms with Crippen LogP contribution in [0.15, 0.2) is 66.7 Å². The van der Waals surface area contributed by atoms with Gasteiger partial charge in [-0.05, 0) is 60.9 Å². The number of anilines is 4. The van der Waals surface area contributed by atoms with E-state index >= 15 is 0 Å². The Morgan fingerprint density at radius 1 is 0.884 bits per heavy atom. The van der Waals surface area contributed by atoms with Crippen molar-refractivity contribution >= 4 is 34.7 Å². The van der Waals surface area contributed by atoms with Gasteiger partial charge in [-0.1, -0.05) is 45.0 Å². The number of rotatable bonds is 5. The monoisotopic (exact) mass is 596 g/mol. The van der Waals surface area contributed by atoms with Crippen molar-refractivity contribution in [3.8, 4) is 11.5 Å². The first-order valence-corrected chi connectivity index (χ1v) is 14.1. The number of benzene rings is 3. The van der Waals surface area contributed by atoms with Crippen molar-refractivity contribution in [2.75, 3.05) is 42.3 Å². The maximum atomic E-state index is 13.0. The first-order chi connectivity index (χ1) is 20.3. The molecule has 1 spiro atoms. The molecule has 0 aromatic heterocycles. The summed E-state index contributed by atoms with van der Waals surface area (Å²) in [5.74, 6) is 0.474. The van der Waals surface area contributed by atoms with Crippen molar-refractivity contribution in [1.82, 2.24) is 4.90 Å². The van der Waals surface area contributed by atoms with Crippen molar-refractivity contribution in [2.45, 2.75) is 45.4 Å². The van der Waals surface area contributed by atoms with Gasteiger partial charge < -0.3 is 29.9 Å². The Kier molecular flexibility index (Phi) is 7.93. The largest absolute Gasteiger partial charge is 0.573 e. The number of nitrogens with zero attached hydrogens (tertiary/aromatic N) is 2. The van der Waals surface area contributed by atoms with Crippen molar-refractivity contribution in [2.24, 2.45) is 5.41 Å². The van der Waals surface area contributed by atoms with E-state index in [1.165, 1.54) is 12.1 Å². The molecule has 2 N–H and O–H groups in total. The van der Waals surface area contributed by atoms with Crippen LogP contribution in [0.25, 0.3) is 0 Å². The highest BCUT2D eigenvalue weighted by molar-refractivity contribution is 6.02. The molecule has 0 saturated carbocycles. The molecule has 0 unspecified atom stereocenters. The van der Waals surface area contributed by atoms with Crippen molar-refractivity contribution in [1.29, 1.82) is 0 Å². The zero-order valence-electron chi connectivity index (χ0n) is 24.5. The fourth-order valence-electron chi connectivity index (χ4n) is 5.94. The number of fused-ring (bicyclic) bond motifs is 2. The molecule has 3 amide bonds. The minimum absolute atomic E-state index is 0.145. The lowest BCUT2D eigenvalue weighted by atomic mass is 9.74. The van der Waals surface area contributed by atoms with Crippen LogP contribution in [0.3, 0.4) is 0 Å². The molecule has 5 rings (SSSR count). The first-order valence-electron chi connectivity index (χ1n) is 14.1. The van der Waals surface area contributed by atoms with E-state index in [9.17, 15) is 22.8 Å². The lowest BCUT2D eigenvalue weighted by Crippen LogP contribution is -2.49. The molecule has 0 atom stereocenters. The Morgan fingerprint density at radius 3 is 2.19 bits per heavy atom. The Balaban J connectivity index is 1.38. The molecular weight excluding hydrogens is 561 g/mol. The summed E-state index contributed by atoms with van der Waals surface area (Å²) in [7, 11) is 1.63. The van der Waals surface area contributed by atoms with Crippen LogP contribution < -0.4 is 25.0 Å². The van der Waals surface area contributed by atoms with Gasteiger partial charge in [0.1, 0.15) is 11.5 Å². The summed E-state index contributed by atoms with van der Waals surface area (Å²) >= 11 is 0. The number of likely N-dealkylation sites (tertiary alicyclic amines) is 1. The number of nitrogens with one attached hydrogen (secondary N) is 2. The second-order valence-electron chi connectivity index (χ2n) is 11.9. The normalized spacial score (nSPS) is 16.1. The molecule has 43 heavy (non-hydrogen) atoms. The van der Waals surface area contributed by atoms with Crippen LogP contribution in [0.4, 0.5) is 40.7 Å². The van der Waals surface area contributed by atoms with Gasteiger partial charge in [0.25, 0.3) is 0 Å². The van der Waals surface area contributed by atoms with Crippen LogP contribution in [-0.2, 0) is 10.2 Å². The van der Waals surface area contributed by atoms with Gasteiger partial charge in [-0.2, -0.15) is 0 Å². The molecule has 1 saturated heterocycles. The highest BCUT2D eigenvalue weighted by Crippen LogP contribution is 2.54. The van der Waals surface area contributed by atoms with Gasteiger partial charge >= 0.3 is 12.4 Å². The number of piperidine rings is 1. The lowest BCUT2D eigenvalue weighted by molar-refractivity contribution is -0.274. The molecule has 1 fully saturated rings. The molecule has 2 aliphatic rings. The number of hydrogen-bond donors (Lipinski definition) is 2. The van der Waals surface area contributed by atoms with E-state index in [0.29, 0.717) is 36.8 Å². The van der Waals surface area contributed by atoms with Crippen molar-refractivity contribution in [3.05, 3.63) is 72.3 Å². The van der Waals surface area contributed by atoms with Crippen molar-refractivity contribution < 1.29 is 32.2 Å². The summed E-state index contributed by atoms with van der Waals surface area (Å²) < 4.78 is 47.1. The molecule has 228 valence electrons. The van der Waals surface area contributed by atoms with Crippen molar-refractivity contribution in [3.63, 3.8) is 0 Å².